The summed E-state index contributed by atoms with van der Waals surface area (Å²) in [5.74, 6) is 0.716. The van der Waals surface area contributed by atoms with E-state index in [0.29, 0.717) is 16.6 Å². The molecule has 1 amide bonds. The monoisotopic (exact) mass is 361 g/mol. The molecule has 0 fully saturated rings. The fourth-order valence-electron chi connectivity index (χ4n) is 2.78. The van der Waals surface area contributed by atoms with Gasteiger partial charge in [-0.05, 0) is 36.8 Å². The number of carbonyl (C=O) groups excluding carboxylic acids is 1. The van der Waals surface area contributed by atoms with Crippen LogP contribution in [0.15, 0.2) is 42.5 Å². The smallest absolute Gasteiger partial charge is 0.217 e. The summed E-state index contributed by atoms with van der Waals surface area (Å²) < 4.78 is 2.09. The first-order chi connectivity index (χ1) is 11.5. The van der Waals surface area contributed by atoms with Gasteiger partial charge in [0.25, 0.3) is 0 Å². The van der Waals surface area contributed by atoms with Gasteiger partial charge in [-0.1, -0.05) is 41.4 Å². The van der Waals surface area contributed by atoms with Crippen LogP contribution in [-0.4, -0.2) is 15.5 Å². The van der Waals surface area contributed by atoms with Crippen LogP contribution in [0, 0.1) is 0 Å². The van der Waals surface area contributed by atoms with Gasteiger partial charge in [0.2, 0.25) is 5.91 Å². The van der Waals surface area contributed by atoms with E-state index in [-0.39, 0.29) is 11.9 Å². The molecule has 0 aliphatic rings. The second-order valence-corrected chi connectivity index (χ2v) is 6.53. The molecule has 0 saturated heterocycles. The van der Waals surface area contributed by atoms with Crippen molar-refractivity contribution >= 4 is 40.1 Å². The highest BCUT2D eigenvalue weighted by Gasteiger charge is 2.17. The van der Waals surface area contributed by atoms with E-state index in [0.717, 1.165) is 22.4 Å². The predicted molar refractivity (Wildman–Crippen MR) is 97.5 cm³/mol. The maximum Gasteiger partial charge on any atom is 0.217 e. The number of nitrogens with zero attached hydrogens (tertiary/aromatic N) is 2. The third-order valence-corrected chi connectivity index (χ3v) is 4.55. The Morgan fingerprint density at radius 3 is 2.67 bits per heavy atom. The van der Waals surface area contributed by atoms with E-state index in [1.165, 1.54) is 6.92 Å². The minimum Gasteiger partial charge on any atom is -0.347 e. The molecule has 3 rings (SSSR count). The Hall–Kier alpha value is -2.04. The molecule has 3 aromatic rings. The first-order valence-corrected chi connectivity index (χ1v) is 8.37. The summed E-state index contributed by atoms with van der Waals surface area (Å²) in [7, 11) is 0. The Bertz CT molecular complexity index is 904. The summed E-state index contributed by atoms with van der Waals surface area (Å²) in [6.45, 7) is 4.02. The largest absolute Gasteiger partial charge is 0.347 e. The number of nitrogens with one attached hydrogen (secondary N) is 1. The summed E-state index contributed by atoms with van der Waals surface area (Å²) in [6, 6.07) is 13.3. The normalized spacial score (nSPS) is 12.3. The van der Waals surface area contributed by atoms with Gasteiger partial charge in [0.05, 0.1) is 27.1 Å². The summed E-state index contributed by atoms with van der Waals surface area (Å²) in [6.07, 6.45) is 0. The Morgan fingerprint density at radius 1 is 1.21 bits per heavy atom. The van der Waals surface area contributed by atoms with Gasteiger partial charge < -0.3 is 9.88 Å². The molecule has 2 aromatic carbocycles. The lowest BCUT2D eigenvalue weighted by Crippen LogP contribution is -2.26. The molecule has 0 aliphatic heterocycles. The molecule has 1 atom stereocenters. The van der Waals surface area contributed by atoms with Crippen molar-refractivity contribution in [1.29, 1.82) is 0 Å². The molecular formula is C18H17Cl2N3O. The van der Waals surface area contributed by atoms with Gasteiger partial charge in [0.1, 0.15) is 5.82 Å². The number of fused-ring (bicyclic) bond motifs is 1. The molecule has 4 nitrogen and oxygen atoms in total. The molecule has 1 heterocycles. The van der Waals surface area contributed by atoms with Crippen molar-refractivity contribution in [2.75, 3.05) is 0 Å². The zero-order chi connectivity index (χ0) is 17.3. The molecule has 0 saturated carbocycles. The zero-order valence-corrected chi connectivity index (χ0v) is 14.9. The minimum absolute atomic E-state index is 0.0874. The fourth-order valence-corrected chi connectivity index (χ4v) is 3.10. The van der Waals surface area contributed by atoms with Crippen molar-refractivity contribution in [3.63, 3.8) is 0 Å². The van der Waals surface area contributed by atoms with Crippen LogP contribution in [0.2, 0.25) is 10.0 Å². The second kappa shape index (κ2) is 6.83. The molecular weight excluding hydrogens is 345 g/mol. The number of amides is 1. The fraction of sp³-hybridized carbons (Fsp3) is 0.222. The van der Waals surface area contributed by atoms with Crippen molar-refractivity contribution in [1.82, 2.24) is 14.9 Å². The molecule has 124 valence electrons. The minimum atomic E-state index is -0.197. The second-order valence-electron chi connectivity index (χ2n) is 5.72. The average molecular weight is 362 g/mol. The van der Waals surface area contributed by atoms with Crippen molar-refractivity contribution in [3.8, 4) is 0 Å². The maximum atomic E-state index is 11.4. The lowest BCUT2D eigenvalue weighted by molar-refractivity contribution is -0.119. The van der Waals surface area contributed by atoms with Crippen LogP contribution in [0.1, 0.15) is 31.3 Å². The third kappa shape index (κ3) is 3.40. The maximum absolute atomic E-state index is 11.4. The number of carbonyl (C=O) groups is 1. The lowest BCUT2D eigenvalue weighted by atomic mass is 10.2. The number of rotatable bonds is 4. The third-order valence-electron chi connectivity index (χ3n) is 3.82. The van der Waals surface area contributed by atoms with Crippen LogP contribution in [0.3, 0.4) is 0 Å². The predicted octanol–water partition coefficient (Wildman–Crippen LogP) is 4.59. The number of imidazole rings is 1. The highest BCUT2D eigenvalue weighted by atomic mass is 35.5. The highest BCUT2D eigenvalue weighted by Crippen LogP contribution is 2.26. The van der Waals surface area contributed by atoms with Crippen LogP contribution < -0.4 is 5.32 Å². The van der Waals surface area contributed by atoms with Crippen molar-refractivity contribution in [2.24, 2.45) is 0 Å². The number of halogens is 2. The topological polar surface area (TPSA) is 46.9 Å². The van der Waals surface area contributed by atoms with Crippen LogP contribution in [-0.2, 0) is 11.3 Å². The molecule has 1 aromatic heterocycles. The van der Waals surface area contributed by atoms with E-state index in [9.17, 15) is 4.79 Å². The molecule has 24 heavy (non-hydrogen) atoms. The van der Waals surface area contributed by atoms with Crippen molar-refractivity contribution < 1.29 is 4.79 Å². The van der Waals surface area contributed by atoms with Gasteiger partial charge in [-0.2, -0.15) is 0 Å². The molecule has 1 N–H and O–H groups in total. The Kier molecular flexibility index (Phi) is 4.78. The molecule has 0 bridgehead atoms. The van der Waals surface area contributed by atoms with Gasteiger partial charge in [-0.3, -0.25) is 4.79 Å². The van der Waals surface area contributed by atoms with Crippen LogP contribution in [0.5, 0.6) is 0 Å². The number of hydrogen-bond donors (Lipinski definition) is 1. The number of para-hydroxylation sites is 2. The molecule has 0 spiro atoms. The number of benzene rings is 2. The number of aromatic nitrogens is 2. The SMILES string of the molecule is CC(=O)NC(C)c1nc2ccccc2n1Cc1ccc(Cl)c(Cl)c1. The van der Waals surface area contributed by atoms with E-state index in [1.807, 2.05) is 43.3 Å². The van der Waals surface area contributed by atoms with E-state index in [4.69, 9.17) is 28.2 Å². The van der Waals surface area contributed by atoms with Gasteiger partial charge in [-0.25, -0.2) is 4.98 Å². The van der Waals surface area contributed by atoms with E-state index >= 15 is 0 Å². The number of hydrogen-bond acceptors (Lipinski definition) is 2. The van der Waals surface area contributed by atoms with Gasteiger partial charge in [-0.15, -0.1) is 0 Å². The zero-order valence-electron chi connectivity index (χ0n) is 13.4. The average Bonchev–Trinajstić information content (AvgIpc) is 2.89. The van der Waals surface area contributed by atoms with Crippen LogP contribution in [0.25, 0.3) is 11.0 Å². The van der Waals surface area contributed by atoms with Gasteiger partial charge in [0, 0.05) is 13.5 Å². The van der Waals surface area contributed by atoms with Gasteiger partial charge >= 0.3 is 0 Å². The lowest BCUT2D eigenvalue weighted by Gasteiger charge is -2.16. The highest BCUT2D eigenvalue weighted by molar-refractivity contribution is 6.42. The molecule has 0 radical (unpaired) electrons. The Morgan fingerprint density at radius 2 is 1.96 bits per heavy atom. The molecule has 0 aliphatic carbocycles. The quantitative estimate of drug-likeness (QED) is 0.738. The summed E-state index contributed by atoms with van der Waals surface area (Å²) in [5, 5.41) is 3.95. The first kappa shape index (κ1) is 16.8. The summed E-state index contributed by atoms with van der Waals surface area (Å²) in [4.78, 5) is 16.1. The Labute approximate surface area is 150 Å². The van der Waals surface area contributed by atoms with Crippen molar-refractivity contribution in [2.45, 2.75) is 26.4 Å². The van der Waals surface area contributed by atoms with E-state index < -0.39 is 0 Å². The van der Waals surface area contributed by atoms with E-state index in [2.05, 4.69) is 9.88 Å². The Balaban J connectivity index is 2.06. The first-order valence-electron chi connectivity index (χ1n) is 7.62. The standard InChI is InChI=1S/C18H17Cl2N3O/c1-11(21-12(2)24)18-22-16-5-3-4-6-17(16)23(18)10-13-7-8-14(19)15(20)9-13/h3-9,11H,10H2,1-2H3,(H,21,24). The molecule has 6 heteroatoms. The summed E-state index contributed by atoms with van der Waals surface area (Å²) in [5.41, 5.74) is 2.92. The van der Waals surface area contributed by atoms with Crippen LogP contribution in [0.4, 0.5) is 0 Å². The molecule has 1 unspecified atom stereocenters. The van der Waals surface area contributed by atoms with Crippen LogP contribution >= 0.6 is 23.2 Å². The van der Waals surface area contributed by atoms with E-state index in [1.54, 1.807) is 6.07 Å². The van der Waals surface area contributed by atoms with Crippen molar-refractivity contribution in [3.05, 3.63) is 63.9 Å². The summed E-state index contributed by atoms with van der Waals surface area (Å²) >= 11 is 12.1. The van der Waals surface area contributed by atoms with Gasteiger partial charge in [0.15, 0.2) is 0 Å².